The topological polar surface area (TPSA) is 52.7 Å². The fraction of sp³-hybridized carbons (Fsp3) is 0.550. The molecule has 3 saturated heterocycles. The molecule has 4 heterocycles. The first kappa shape index (κ1) is 16.5. The maximum absolute atomic E-state index is 6.15. The van der Waals surface area contributed by atoms with Gasteiger partial charge in [-0.3, -0.25) is 4.99 Å². The summed E-state index contributed by atoms with van der Waals surface area (Å²) in [4.78, 5) is 10.3. The van der Waals surface area contributed by atoms with Crippen LogP contribution in [0.4, 0.5) is 0 Å². The molecule has 0 saturated carbocycles. The maximum Gasteiger partial charge on any atom is 0.193 e. The Labute approximate surface area is 158 Å². The lowest BCUT2D eigenvalue weighted by Gasteiger charge is -2.23. The Balaban J connectivity index is 1.21. The van der Waals surface area contributed by atoms with Crippen molar-refractivity contribution in [2.24, 2.45) is 16.8 Å². The summed E-state index contributed by atoms with van der Waals surface area (Å²) < 4.78 is 6.08. The fourth-order valence-electron chi connectivity index (χ4n) is 5.13. The number of hydrogen-bond acceptors (Lipinski definition) is 2. The van der Waals surface area contributed by atoms with Crippen LogP contribution in [0.3, 0.4) is 0 Å². The van der Waals surface area contributed by atoms with Crippen LogP contribution < -0.4 is 5.32 Å². The fourth-order valence-corrected chi connectivity index (χ4v) is 5.30. The third-order valence-electron chi connectivity index (χ3n) is 6.37. The van der Waals surface area contributed by atoms with E-state index in [1.165, 1.54) is 23.8 Å². The number of guanidine groups is 1. The van der Waals surface area contributed by atoms with Gasteiger partial charge in [-0.15, -0.1) is 0 Å². The molecule has 0 aliphatic carbocycles. The summed E-state index contributed by atoms with van der Waals surface area (Å²) in [6.45, 7) is 3.02. The van der Waals surface area contributed by atoms with Crippen molar-refractivity contribution < 1.29 is 4.74 Å². The number of nitrogens with one attached hydrogen (secondary N) is 2. The van der Waals surface area contributed by atoms with Gasteiger partial charge in [0.25, 0.3) is 0 Å². The van der Waals surface area contributed by atoms with E-state index in [1.54, 1.807) is 0 Å². The Morgan fingerprint density at radius 2 is 2.08 bits per heavy atom. The molecule has 5 rings (SSSR count). The molecule has 5 nitrogen and oxygen atoms in total. The molecule has 6 heteroatoms. The number of aromatic nitrogens is 1. The van der Waals surface area contributed by atoms with E-state index in [-0.39, 0.29) is 0 Å². The molecular formula is C20H25ClN4O. The predicted molar refractivity (Wildman–Crippen MR) is 105 cm³/mol. The highest BCUT2D eigenvalue weighted by Gasteiger charge is 2.53. The number of ether oxygens (including phenoxy) is 1. The van der Waals surface area contributed by atoms with E-state index >= 15 is 0 Å². The zero-order valence-electron chi connectivity index (χ0n) is 15.0. The van der Waals surface area contributed by atoms with Gasteiger partial charge in [-0.05, 0) is 43.0 Å². The quantitative estimate of drug-likeness (QED) is 0.643. The zero-order chi connectivity index (χ0) is 17.7. The molecule has 3 aliphatic rings. The van der Waals surface area contributed by atoms with Crippen LogP contribution in [-0.2, 0) is 11.2 Å². The molecule has 1 aromatic heterocycles. The summed E-state index contributed by atoms with van der Waals surface area (Å²) >= 11 is 6.15. The number of H-pyrrole nitrogens is 1. The molecule has 2 N–H and O–H groups in total. The molecule has 2 bridgehead atoms. The molecule has 0 amide bonds. The molecule has 0 radical (unpaired) electrons. The van der Waals surface area contributed by atoms with Gasteiger partial charge in [0.05, 0.1) is 12.2 Å². The Hall–Kier alpha value is -1.72. The minimum atomic E-state index is 0.490. The molecule has 1 aromatic carbocycles. The van der Waals surface area contributed by atoms with Gasteiger partial charge < -0.3 is 19.9 Å². The van der Waals surface area contributed by atoms with Crippen molar-refractivity contribution >= 4 is 28.5 Å². The largest absolute Gasteiger partial charge is 0.374 e. The Morgan fingerprint density at radius 3 is 2.81 bits per heavy atom. The third-order valence-corrected chi connectivity index (χ3v) is 6.61. The van der Waals surface area contributed by atoms with Crippen molar-refractivity contribution in [3.63, 3.8) is 0 Å². The highest BCUT2D eigenvalue weighted by molar-refractivity contribution is 6.31. The van der Waals surface area contributed by atoms with Gasteiger partial charge in [-0.25, -0.2) is 0 Å². The molecule has 2 aromatic rings. The van der Waals surface area contributed by atoms with E-state index in [0.717, 1.165) is 42.6 Å². The van der Waals surface area contributed by atoms with Crippen molar-refractivity contribution in [3.05, 3.63) is 35.0 Å². The molecule has 3 fully saturated rings. The zero-order valence-corrected chi connectivity index (χ0v) is 15.8. The van der Waals surface area contributed by atoms with E-state index in [4.69, 9.17) is 16.3 Å². The highest BCUT2D eigenvalue weighted by atomic mass is 35.5. The molecule has 4 unspecified atom stereocenters. The second kappa shape index (κ2) is 6.46. The van der Waals surface area contributed by atoms with Gasteiger partial charge in [-0.2, -0.15) is 0 Å². The first-order chi connectivity index (χ1) is 12.7. The van der Waals surface area contributed by atoms with Crippen LogP contribution in [0.2, 0.25) is 5.02 Å². The lowest BCUT2D eigenvalue weighted by molar-refractivity contribution is 0.0767. The summed E-state index contributed by atoms with van der Waals surface area (Å²) in [5.74, 6) is 2.42. The summed E-state index contributed by atoms with van der Waals surface area (Å²) in [7, 11) is 1.88. The molecule has 138 valence electrons. The Morgan fingerprint density at radius 1 is 1.31 bits per heavy atom. The van der Waals surface area contributed by atoms with Crippen LogP contribution in [0, 0.1) is 11.8 Å². The summed E-state index contributed by atoms with van der Waals surface area (Å²) in [6.07, 6.45) is 6.49. The Kier molecular flexibility index (Phi) is 4.09. The van der Waals surface area contributed by atoms with Crippen LogP contribution >= 0.6 is 11.6 Å². The van der Waals surface area contributed by atoms with Gasteiger partial charge in [0, 0.05) is 60.6 Å². The number of rotatable bonds is 3. The van der Waals surface area contributed by atoms with Gasteiger partial charge >= 0.3 is 0 Å². The van der Waals surface area contributed by atoms with Crippen molar-refractivity contribution in [2.75, 3.05) is 26.7 Å². The van der Waals surface area contributed by atoms with E-state index in [2.05, 4.69) is 26.4 Å². The SMILES string of the molecule is CN=C(NCCc1c[nH]c2ccc(Cl)cc12)N1CC2C3CCC(O3)C2C1. The number of benzene rings is 1. The second-order valence-electron chi connectivity index (χ2n) is 7.75. The van der Waals surface area contributed by atoms with Crippen molar-refractivity contribution in [2.45, 2.75) is 31.5 Å². The lowest BCUT2D eigenvalue weighted by Crippen LogP contribution is -2.42. The number of halogens is 1. The van der Waals surface area contributed by atoms with E-state index in [0.29, 0.717) is 24.0 Å². The van der Waals surface area contributed by atoms with Gasteiger partial charge in [0.1, 0.15) is 0 Å². The second-order valence-corrected chi connectivity index (χ2v) is 8.19. The number of fused-ring (bicyclic) bond motifs is 6. The summed E-state index contributed by atoms with van der Waals surface area (Å²) in [6, 6.07) is 5.99. The number of aliphatic imine (C=N–C) groups is 1. The van der Waals surface area contributed by atoms with Gasteiger partial charge in [-0.1, -0.05) is 11.6 Å². The number of hydrogen-bond donors (Lipinski definition) is 2. The molecule has 0 spiro atoms. The van der Waals surface area contributed by atoms with Crippen LogP contribution in [0.1, 0.15) is 18.4 Å². The van der Waals surface area contributed by atoms with Crippen LogP contribution in [-0.4, -0.2) is 54.7 Å². The summed E-state index contributed by atoms with van der Waals surface area (Å²) in [5, 5.41) is 5.54. The average molecular weight is 373 g/mol. The maximum atomic E-state index is 6.15. The van der Waals surface area contributed by atoms with Crippen LogP contribution in [0.5, 0.6) is 0 Å². The first-order valence-corrected chi connectivity index (χ1v) is 9.97. The lowest BCUT2D eigenvalue weighted by atomic mass is 9.82. The predicted octanol–water partition coefficient (Wildman–Crippen LogP) is 3.05. The Bertz CT molecular complexity index is 829. The summed E-state index contributed by atoms with van der Waals surface area (Å²) in [5.41, 5.74) is 2.42. The van der Waals surface area contributed by atoms with Gasteiger partial charge in [0.2, 0.25) is 0 Å². The standard InChI is InChI=1S/C20H25ClN4O/c1-22-20(25-10-15-16(11-25)19-5-4-18(15)26-19)23-7-6-12-9-24-17-3-2-13(21)8-14(12)17/h2-3,8-9,15-16,18-19,24H,4-7,10-11H2,1H3,(H,22,23). The van der Waals surface area contributed by atoms with Gasteiger partial charge in [0.15, 0.2) is 5.96 Å². The molecule has 3 aliphatic heterocycles. The smallest absolute Gasteiger partial charge is 0.193 e. The molecule has 4 atom stereocenters. The number of nitrogens with zero attached hydrogens (tertiary/aromatic N) is 2. The first-order valence-electron chi connectivity index (χ1n) is 9.59. The van der Waals surface area contributed by atoms with Crippen molar-refractivity contribution in [3.8, 4) is 0 Å². The minimum Gasteiger partial charge on any atom is -0.374 e. The monoisotopic (exact) mass is 372 g/mol. The normalized spacial score (nSPS) is 30.4. The number of likely N-dealkylation sites (tertiary alicyclic amines) is 1. The highest BCUT2D eigenvalue weighted by Crippen LogP contribution is 2.47. The van der Waals surface area contributed by atoms with E-state index in [1.807, 2.05) is 25.2 Å². The van der Waals surface area contributed by atoms with E-state index in [9.17, 15) is 0 Å². The van der Waals surface area contributed by atoms with Crippen LogP contribution in [0.25, 0.3) is 10.9 Å². The minimum absolute atomic E-state index is 0.490. The molecular weight excluding hydrogens is 348 g/mol. The van der Waals surface area contributed by atoms with E-state index < -0.39 is 0 Å². The van der Waals surface area contributed by atoms with Crippen molar-refractivity contribution in [1.29, 1.82) is 0 Å². The average Bonchev–Trinajstić information content (AvgIpc) is 3.39. The molecule has 26 heavy (non-hydrogen) atoms. The number of aromatic amines is 1. The van der Waals surface area contributed by atoms with Crippen LogP contribution in [0.15, 0.2) is 29.4 Å². The van der Waals surface area contributed by atoms with Crippen molar-refractivity contribution in [1.82, 2.24) is 15.2 Å². The third kappa shape index (κ3) is 2.69.